The second-order valence-electron chi connectivity index (χ2n) is 2.48. The number of benzene rings is 1. The molecule has 1 rings (SSSR count). The van der Waals surface area contributed by atoms with Crippen LogP contribution in [0.3, 0.4) is 0 Å². The van der Waals surface area contributed by atoms with Crippen molar-refractivity contribution in [3.63, 3.8) is 0 Å². The van der Waals surface area contributed by atoms with E-state index in [1.165, 1.54) is 12.1 Å². The van der Waals surface area contributed by atoms with Crippen LogP contribution < -0.4 is 0 Å². The van der Waals surface area contributed by atoms with E-state index in [9.17, 15) is 8.42 Å². The monoisotopic (exact) mass is 252 g/mol. The molecular formula is C8H6Cl2O3S. The molecule has 0 aliphatic heterocycles. The Morgan fingerprint density at radius 1 is 1.29 bits per heavy atom. The standard InChI is InChI=1S/C8H6Cl2O3S/c9-7-2-1-6(8(10)5-7)3-4-14(11,12)13/h1-5H,(H,11,12,13). The molecule has 0 unspecified atom stereocenters. The maximum atomic E-state index is 10.4. The second-order valence-corrected chi connectivity index (χ2v) is 4.63. The van der Waals surface area contributed by atoms with Crippen LogP contribution in [-0.4, -0.2) is 13.0 Å². The molecule has 3 nitrogen and oxygen atoms in total. The minimum Gasteiger partial charge on any atom is -0.282 e. The lowest BCUT2D eigenvalue weighted by molar-refractivity contribution is 0.494. The molecule has 1 aromatic rings. The largest absolute Gasteiger partial charge is 0.287 e. The van der Waals surface area contributed by atoms with Gasteiger partial charge in [0.1, 0.15) is 0 Å². The van der Waals surface area contributed by atoms with E-state index in [0.29, 0.717) is 21.0 Å². The fraction of sp³-hybridized carbons (Fsp3) is 0. The molecular weight excluding hydrogens is 247 g/mol. The van der Waals surface area contributed by atoms with Gasteiger partial charge in [-0.3, -0.25) is 4.55 Å². The minimum absolute atomic E-state index is 0.317. The molecule has 0 heterocycles. The first-order chi connectivity index (χ1) is 6.38. The molecule has 6 heteroatoms. The number of hydrogen-bond acceptors (Lipinski definition) is 2. The van der Waals surface area contributed by atoms with Gasteiger partial charge in [0.05, 0.1) is 5.41 Å². The molecule has 1 aromatic carbocycles. The maximum Gasteiger partial charge on any atom is 0.287 e. The van der Waals surface area contributed by atoms with E-state index in [4.69, 9.17) is 27.8 Å². The van der Waals surface area contributed by atoms with E-state index in [-0.39, 0.29) is 0 Å². The summed E-state index contributed by atoms with van der Waals surface area (Å²) in [6.45, 7) is 0. The molecule has 0 fully saturated rings. The van der Waals surface area contributed by atoms with Crippen LogP contribution in [0.1, 0.15) is 5.56 Å². The summed E-state index contributed by atoms with van der Waals surface area (Å²) < 4.78 is 29.2. The highest BCUT2D eigenvalue weighted by atomic mass is 35.5. The zero-order chi connectivity index (χ0) is 10.8. The number of halogens is 2. The Balaban J connectivity index is 3.05. The molecule has 0 saturated heterocycles. The average Bonchev–Trinajstić information content (AvgIpc) is 2.00. The lowest BCUT2D eigenvalue weighted by Gasteiger charge is -1.97. The van der Waals surface area contributed by atoms with Crippen LogP contribution in [0.15, 0.2) is 23.6 Å². The highest BCUT2D eigenvalue weighted by Gasteiger charge is 2.00. The van der Waals surface area contributed by atoms with Crippen molar-refractivity contribution >= 4 is 39.4 Å². The third-order valence-electron chi connectivity index (χ3n) is 1.38. The molecule has 0 aromatic heterocycles. The van der Waals surface area contributed by atoms with Gasteiger partial charge in [-0.1, -0.05) is 29.3 Å². The average molecular weight is 253 g/mol. The third kappa shape index (κ3) is 3.67. The quantitative estimate of drug-likeness (QED) is 0.824. The molecule has 0 saturated carbocycles. The molecule has 0 atom stereocenters. The van der Waals surface area contributed by atoms with Crippen LogP contribution in [-0.2, 0) is 10.1 Å². The Kier molecular flexibility index (Phi) is 3.55. The van der Waals surface area contributed by atoms with Crippen molar-refractivity contribution in [2.24, 2.45) is 0 Å². The van der Waals surface area contributed by atoms with Gasteiger partial charge >= 0.3 is 0 Å². The Labute approximate surface area is 91.7 Å². The molecule has 0 amide bonds. The van der Waals surface area contributed by atoms with Gasteiger partial charge in [-0.05, 0) is 23.8 Å². The topological polar surface area (TPSA) is 54.4 Å². The normalized spacial score (nSPS) is 12.2. The summed E-state index contributed by atoms with van der Waals surface area (Å²) in [5, 5.41) is 1.43. The molecule has 0 bridgehead atoms. The molecule has 1 N–H and O–H groups in total. The highest BCUT2D eigenvalue weighted by molar-refractivity contribution is 7.88. The van der Waals surface area contributed by atoms with Crippen LogP contribution in [0.25, 0.3) is 6.08 Å². The van der Waals surface area contributed by atoms with Crippen molar-refractivity contribution in [2.45, 2.75) is 0 Å². The van der Waals surface area contributed by atoms with Gasteiger partial charge in [0.25, 0.3) is 10.1 Å². The van der Waals surface area contributed by atoms with Gasteiger partial charge in [-0.2, -0.15) is 8.42 Å². The van der Waals surface area contributed by atoms with Gasteiger partial charge in [0.2, 0.25) is 0 Å². The van der Waals surface area contributed by atoms with E-state index in [1.807, 2.05) is 0 Å². The van der Waals surface area contributed by atoms with Crippen LogP contribution in [0, 0.1) is 0 Å². The van der Waals surface area contributed by atoms with E-state index in [0.717, 1.165) is 0 Å². The van der Waals surface area contributed by atoms with E-state index in [1.54, 1.807) is 12.1 Å². The second kappa shape index (κ2) is 4.31. The molecule has 14 heavy (non-hydrogen) atoms. The van der Waals surface area contributed by atoms with Crippen molar-refractivity contribution in [3.8, 4) is 0 Å². The zero-order valence-electron chi connectivity index (χ0n) is 6.81. The fourth-order valence-electron chi connectivity index (χ4n) is 0.796. The molecule has 0 spiro atoms. The first-order valence-electron chi connectivity index (χ1n) is 3.49. The summed E-state index contributed by atoms with van der Waals surface area (Å²) >= 11 is 11.4. The van der Waals surface area contributed by atoms with Crippen LogP contribution in [0.4, 0.5) is 0 Å². The number of rotatable bonds is 2. The van der Waals surface area contributed by atoms with Crippen molar-refractivity contribution < 1.29 is 13.0 Å². The van der Waals surface area contributed by atoms with Crippen molar-refractivity contribution in [1.29, 1.82) is 0 Å². The summed E-state index contributed by atoms with van der Waals surface area (Å²) in [7, 11) is -4.12. The molecule has 0 radical (unpaired) electrons. The predicted octanol–water partition coefficient (Wildman–Crippen LogP) is 2.85. The van der Waals surface area contributed by atoms with Crippen molar-refractivity contribution in [2.75, 3.05) is 0 Å². The van der Waals surface area contributed by atoms with Crippen LogP contribution in [0.5, 0.6) is 0 Å². The number of hydrogen-bond donors (Lipinski definition) is 1. The molecule has 0 aliphatic rings. The van der Waals surface area contributed by atoms with Gasteiger partial charge in [-0.15, -0.1) is 0 Å². The minimum atomic E-state index is -4.12. The summed E-state index contributed by atoms with van der Waals surface area (Å²) in [6, 6.07) is 4.59. The van der Waals surface area contributed by atoms with Crippen LogP contribution in [0.2, 0.25) is 10.0 Å². The lowest BCUT2D eigenvalue weighted by Crippen LogP contribution is -1.89. The third-order valence-corrected chi connectivity index (χ3v) is 2.42. The first-order valence-corrected chi connectivity index (χ1v) is 5.75. The Hall–Kier alpha value is -0.550. The Morgan fingerprint density at radius 2 is 1.93 bits per heavy atom. The van der Waals surface area contributed by atoms with Crippen LogP contribution >= 0.6 is 23.2 Å². The fourth-order valence-corrected chi connectivity index (χ4v) is 1.59. The summed E-state index contributed by atoms with van der Waals surface area (Å²) in [5.41, 5.74) is 0.466. The van der Waals surface area contributed by atoms with Gasteiger partial charge in [-0.25, -0.2) is 0 Å². The summed E-state index contributed by atoms with van der Waals surface area (Å²) in [5.74, 6) is 0. The first kappa shape index (κ1) is 11.5. The lowest BCUT2D eigenvalue weighted by atomic mass is 10.2. The predicted molar refractivity (Wildman–Crippen MR) is 57.0 cm³/mol. The van der Waals surface area contributed by atoms with E-state index >= 15 is 0 Å². The SMILES string of the molecule is O=S(=O)(O)C=Cc1ccc(Cl)cc1Cl. The summed E-state index contributed by atoms with van der Waals surface area (Å²) in [6.07, 6.45) is 1.19. The zero-order valence-corrected chi connectivity index (χ0v) is 9.14. The van der Waals surface area contributed by atoms with Gasteiger partial charge in [0.15, 0.2) is 0 Å². The van der Waals surface area contributed by atoms with E-state index < -0.39 is 10.1 Å². The van der Waals surface area contributed by atoms with Crippen molar-refractivity contribution in [3.05, 3.63) is 39.2 Å². The summed E-state index contributed by atoms with van der Waals surface area (Å²) in [4.78, 5) is 0. The molecule has 76 valence electrons. The molecule has 0 aliphatic carbocycles. The van der Waals surface area contributed by atoms with E-state index in [2.05, 4.69) is 0 Å². The van der Waals surface area contributed by atoms with Crippen molar-refractivity contribution in [1.82, 2.24) is 0 Å². The Bertz CT molecular complexity index is 465. The van der Waals surface area contributed by atoms with Gasteiger partial charge in [0, 0.05) is 10.0 Å². The maximum absolute atomic E-state index is 10.4. The van der Waals surface area contributed by atoms with Gasteiger partial charge < -0.3 is 0 Å². The smallest absolute Gasteiger partial charge is 0.282 e. The highest BCUT2D eigenvalue weighted by Crippen LogP contribution is 2.22. The Morgan fingerprint density at radius 3 is 2.43 bits per heavy atom.